The Morgan fingerprint density at radius 3 is 2.50 bits per heavy atom. The van der Waals surface area contributed by atoms with E-state index in [4.69, 9.17) is 16.9 Å². The lowest BCUT2D eigenvalue weighted by atomic mass is 10.2. The van der Waals surface area contributed by atoms with Crippen molar-refractivity contribution in [1.29, 1.82) is 5.26 Å². The van der Waals surface area contributed by atoms with Crippen molar-refractivity contribution in [2.45, 2.75) is 6.92 Å². The molecule has 0 bridgehead atoms. The summed E-state index contributed by atoms with van der Waals surface area (Å²) < 4.78 is 2.50. The highest BCUT2D eigenvalue weighted by atomic mass is 79.9. The molecule has 0 atom stereocenters. The van der Waals surface area contributed by atoms with Gasteiger partial charge in [0.15, 0.2) is 0 Å². The molecule has 16 heavy (non-hydrogen) atoms. The highest BCUT2D eigenvalue weighted by molar-refractivity contribution is 9.10. The van der Waals surface area contributed by atoms with Crippen LogP contribution in [0.2, 0.25) is 5.02 Å². The molecule has 1 aromatic carbocycles. The van der Waals surface area contributed by atoms with E-state index in [0.717, 1.165) is 10.2 Å². The Morgan fingerprint density at radius 2 is 1.94 bits per heavy atom. The van der Waals surface area contributed by atoms with Crippen molar-refractivity contribution in [3.63, 3.8) is 0 Å². The molecular formula is C12H8BrClN2. The predicted octanol–water partition coefficient (Wildman–Crippen LogP) is 4.07. The number of rotatable bonds is 1. The van der Waals surface area contributed by atoms with Crippen LogP contribution in [0.1, 0.15) is 11.3 Å². The standard InChI is InChI=1S/C12H8BrClN2/c1-8-2-4-9(5-3-8)16-7-10(13)12(14)11(16)6-15/h2-5,7H,1H3. The van der Waals surface area contributed by atoms with E-state index in [1.165, 1.54) is 5.56 Å². The summed E-state index contributed by atoms with van der Waals surface area (Å²) in [5, 5.41) is 9.50. The van der Waals surface area contributed by atoms with E-state index in [-0.39, 0.29) is 0 Å². The van der Waals surface area contributed by atoms with Gasteiger partial charge in [0, 0.05) is 11.9 Å². The first-order chi connectivity index (χ1) is 7.63. The van der Waals surface area contributed by atoms with E-state index in [0.29, 0.717) is 10.7 Å². The quantitative estimate of drug-likeness (QED) is 0.779. The molecule has 0 N–H and O–H groups in total. The highest BCUT2D eigenvalue weighted by Crippen LogP contribution is 2.30. The van der Waals surface area contributed by atoms with E-state index >= 15 is 0 Å². The SMILES string of the molecule is Cc1ccc(-n2cc(Br)c(Cl)c2C#N)cc1. The van der Waals surface area contributed by atoms with Crippen LogP contribution in [0.5, 0.6) is 0 Å². The maximum atomic E-state index is 9.05. The normalized spacial score (nSPS) is 10.1. The molecule has 0 aliphatic heterocycles. The number of hydrogen-bond acceptors (Lipinski definition) is 1. The molecule has 2 aromatic rings. The Morgan fingerprint density at radius 1 is 1.31 bits per heavy atom. The van der Waals surface area contributed by atoms with Crippen LogP contribution in [-0.2, 0) is 0 Å². The molecule has 0 unspecified atom stereocenters. The summed E-state index contributed by atoms with van der Waals surface area (Å²) in [6.45, 7) is 2.02. The largest absolute Gasteiger partial charge is 0.306 e. The second-order valence-corrected chi connectivity index (χ2v) is 4.69. The summed E-state index contributed by atoms with van der Waals surface area (Å²) in [5.41, 5.74) is 2.55. The molecule has 0 radical (unpaired) electrons. The maximum absolute atomic E-state index is 9.05. The van der Waals surface area contributed by atoms with E-state index in [1.807, 2.05) is 31.2 Å². The Kier molecular flexibility index (Phi) is 3.04. The van der Waals surface area contributed by atoms with Gasteiger partial charge in [-0.15, -0.1) is 0 Å². The number of benzene rings is 1. The molecule has 0 spiro atoms. The zero-order valence-corrected chi connectivity index (χ0v) is 10.9. The minimum absolute atomic E-state index is 0.442. The number of nitrogens with zero attached hydrogens (tertiary/aromatic N) is 2. The molecule has 1 heterocycles. The van der Waals surface area contributed by atoms with Crippen LogP contribution in [0.25, 0.3) is 5.69 Å². The second kappa shape index (κ2) is 4.32. The van der Waals surface area contributed by atoms with Gasteiger partial charge in [-0.3, -0.25) is 0 Å². The second-order valence-electron chi connectivity index (χ2n) is 3.46. The van der Waals surface area contributed by atoms with Crippen molar-refractivity contribution < 1.29 is 0 Å². The summed E-state index contributed by atoms with van der Waals surface area (Å²) in [6.07, 6.45) is 1.80. The van der Waals surface area contributed by atoms with Crippen LogP contribution in [-0.4, -0.2) is 4.57 Å². The van der Waals surface area contributed by atoms with Gasteiger partial charge in [-0.05, 0) is 35.0 Å². The van der Waals surface area contributed by atoms with Gasteiger partial charge in [-0.2, -0.15) is 5.26 Å². The highest BCUT2D eigenvalue weighted by Gasteiger charge is 2.12. The minimum atomic E-state index is 0.442. The monoisotopic (exact) mass is 294 g/mol. The van der Waals surface area contributed by atoms with Gasteiger partial charge in [0.2, 0.25) is 0 Å². The topological polar surface area (TPSA) is 28.7 Å². The molecule has 0 aliphatic rings. The van der Waals surface area contributed by atoms with Crippen molar-refractivity contribution in [1.82, 2.24) is 4.57 Å². The van der Waals surface area contributed by atoms with Crippen LogP contribution in [0.15, 0.2) is 34.9 Å². The lowest BCUT2D eigenvalue weighted by molar-refractivity contribution is 1.05. The summed E-state index contributed by atoms with van der Waals surface area (Å²) in [5.74, 6) is 0. The van der Waals surface area contributed by atoms with Crippen LogP contribution in [0, 0.1) is 18.3 Å². The fourth-order valence-electron chi connectivity index (χ4n) is 1.47. The van der Waals surface area contributed by atoms with Crippen molar-refractivity contribution in [2.24, 2.45) is 0 Å². The Bertz CT molecular complexity index is 564. The number of nitriles is 1. The summed E-state index contributed by atoms with van der Waals surface area (Å²) in [6, 6.07) is 10.0. The smallest absolute Gasteiger partial charge is 0.144 e. The Balaban J connectivity index is 2.61. The average molecular weight is 296 g/mol. The molecule has 4 heteroatoms. The van der Waals surface area contributed by atoms with Crippen molar-refractivity contribution in [2.75, 3.05) is 0 Å². The number of aromatic nitrogens is 1. The molecule has 80 valence electrons. The first-order valence-corrected chi connectivity index (χ1v) is 5.84. The molecule has 2 nitrogen and oxygen atoms in total. The van der Waals surface area contributed by atoms with Gasteiger partial charge in [0.1, 0.15) is 11.8 Å². The third-order valence-corrected chi connectivity index (χ3v) is 3.53. The first-order valence-electron chi connectivity index (χ1n) is 4.67. The first kappa shape index (κ1) is 11.3. The number of halogens is 2. The third kappa shape index (κ3) is 1.87. The molecule has 0 saturated heterocycles. The Labute approximate surface area is 107 Å². The van der Waals surface area contributed by atoms with Crippen LogP contribution < -0.4 is 0 Å². The van der Waals surface area contributed by atoms with Gasteiger partial charge in [0.05, 0.1) is 9.50 Å². The Hall–Kier alpha value is -1.24. The molecule has 2 rings (SSSR count). The van der Waals surface area contributed by atoms with Gasteiger partial charge in [-0.25, -0.2) is 0 Å². The molecule has 0 saturated carbocycles. The van der Waals surface area contributed by atoms with Crippen molar-refractivity contribution >= 4 is 27.5 Å². The van der Waals surface area contributed by atoms with Crippen LogP contribution >= 0.6 is 27.5 Å². The zero-order chi connectivity index (χ0) is 11.7. The van der Waals surface area contributed by atoms with Crippen molar-refractivity contribution in [3.8, 4) is 11.8 Å². The van der Waals surface area contributed by atoms with Crippen molar-refractivity contribution in [3.05, 3.63) is 51.2 Å². The zero-order valence-electron chi connectivity index (χ0n) is 8.54. The molecule has 0 aliphatic carbocycles. The fraction of sp³-hybridized carbons (Fsp3) is 0.0833. The number of hydrogen-bond donors (Lipinski definition) is 0. The van der Waals surface area contributed by atoms with Crippen LogP contribution in [0.3, 0.4) is 0 Å². The minimum Gasteiger partial charge on any atom is -0.306 e. The van der Waals surface area contributed by atoms with Crippen LogP contribution in [0.4, 0.5) is 0 Å². The van der Waals surface area contributed by atoms with Gasteiger partial charge in [0.25, 0.3) is 0 Å². The van der Waals surface area contributed by atoms with E-state index in [2.05, 4.69) is 22.0 Å². The van der Waals surface area contributed by atoms with E-state index in [1.54, 1.807) is 10.8 Å². The maximum Gasteiger partial charge on any atom is 0.144 e. The fourth-order valence-corrected chi connectivity index (χ4v) is 2.04. The predicted molar refractivity (Wildman–Crippen MR) is 67.9 cm³/mol. The molecule has 0 fully saturated rings. The number of aryl methyl sites for hydroxylation is 1. The average Bonchev–Trinajstić information content (AvgIpc) is 2.56. The summed E-state index contributed by atoms with van der Waals surface area (Å²) >= 11 is 9.32. The summed E-state index contributed by atoms with van der Waals surface area (Å²) in [7, 11) is 0. The lowest BCUT2D eigenvalue weighted by Crippen LogP contribution is -1.95. The third-order valence-electron chi connectivity index (χ3n) is 2.32. The van der Waals surface area contributed by atoms with Gasteiger partial charge >= 0.3 is 0 Å². The molecule has 1 aromatic heterocycles. The summed E-state index contributed by atoms with van der Waals surface area (Å²) in [4.78, 5) is 0. The van der Waals surface area contributed by atoms with E-state index < -0.39 is 0 Å². The van der Waals surface area contributed by atoms with Gasteiger partial charge in [-0.1, -0.05) is 29.3 Å². The molecular weight excluding hydrogens is 288 g/mol. The van der Waals surface area contributed by atoms with Gasteiger partial charge < -0.3 is 4.57 Å². The lowest BCUT2D eigenvalue weighted by Gasteiger charge is -2.04. The molecule has 0 amide bonds. The van der Waals surface area contributed by atoms with E-state index in [9.17, 15) is 0 Å².